The average molecular weight is 316 g/mol. The summed E-state index contributed by atoms with van der Waals surface area (Å²) in [5.41, 5.74) is 1.18. The predicted octanol–water partition coefficient (Wildman–Crippen LogP) is 2.69. The van der Waals surface area contributed by atoms with Gasteiger partial charge in [-0.25, -0.2) is 0 Å². The van der Waals surface area contributed by atoms with E-state index in [2.05, 4.69) is 27.3 Å². The van der Waals surface area contributed by atoms with E-state index in [1.165, 1.54) is 5.56 Å². The molecule has 0 radical (unpaired) electrons. The summed E-state index contributed by atoms with van der Waals surface area (Å²) in [6, 6.07) is 4.08. The van der Waals surface area contributed by atoms with E-state index in [1.54, 1.807) is 0 Å². The summed E-state index contributed by atoms with van der Waals surface area (Å²) in [7, 11) is 0. The maximum Gasteiger partial charge on any atom is 0.231 e. The standard InChI is InChI=1S/C13H18BrNO3/c1-2-16-5-3-4-15-8-10-6-11(14)13-12(7-10)17-9-18-13/h6-7,15H,2-5,8-9H2,1H3. The van der Waals surface area contributed by atoms with Gasteiger partial charge in [0.15, 0.2) is 11.5 Å². The third-order valence-electron chi connectivity index (χ3n) is 2.66. The van der Waals surface area contributed by atoms with Crippen molar-refractivity contribution < 1.29 is 14.2 Å². The van der Waals surface area contributed by atoms with E-state index in [0.717, 1.165) is 48.7 Å². The molecule has 4 nitrogen and oxygen atoms in total. The molecule has 1 aromatic carbocycles. The van der Waals surface area contributed by atoms with Crippen LogP contribution in [0, 0.1) is 0 Å². The molecule has 0 unspecified atom stereocenters. The highest BCUT2D eigenvalue weighted by molar-refractivity contribution is 9.10. The van der Waals surface area contributed by atoms with Gasteiger partial charge in [-0.2, -0.15) is 0 Å². The molecule has 1 aliphatic rings. The van der Waals surface area contributed by atoms with Crippen LogP contribution in [-0.4, -0.2) is 26.6 Å². The number of fused-ring (bicyclic) bond motifs is 1. The Morgan fingerprint density at radius 2 is 2.28 bits per heavy atom. The van der Waals surface area contributed by atoms with Gasteiger partial charge in [0.25, 0.3) is 0 Å². The lowest BCUT2D eigenvalue weighted by atomic mass is 10.2. The molecule has 0 spiro atoms. The third kappa shape index (κ3) is 3.60. The second-order valence-corrected chi connectivity index (χ2v) is 4.89. The highest BCUT2D eigenvalue weighted by Crippen LogP contribution is 2.39. The Balaban J connectivity index is 1.78. The van der Waals surface area contributed by atoms with Crippen molar-refractivity contribution in [1.29, 1.82) is 0 Å². The summed E-state index contributed by atoms with van der Waals surface area (Å²) in [5, 5.41) is 3.38. The zero-order chi connectivity index (χ0) is 12.8. The first-order valence-corrected chi connectivity index (χ1v) is 6.97. The molecule has 1 N–H and O–H groups in total. The quantitative estimate of drug-likeness (QED) is 0.785. The Morgan fingerprint density at radius 3 is 3.11 bits per heavy atom. The minimum absolute atomic E-state index is 0.305. The van der Waals surface area contributed by atoms with Crippen LogP contribution in [0.3, 0.4) is 0 Å². The highest BCUT2D eigenvalue weighted by Gasteiger charge is 2.17. The van der Waals surface area contributed by atoms with E-state index in [9.17, 15) is 0 Å². The van der Waals surface area contributed by atoms with Crippen molar-refractivity contribution in [1.82, 2.24) is 5.32 Å². The molecule has 0 atom stereocenters. The van der Waals surface area contributed by atoms with Crippen LogP contribution in [0.4, 0.5) is 0 Å². The van der Waals surface area contributed by atoms with Crippen molar-refractivity contribution in [3.63, 3.8) is 0 Å². The predicted molar refractivity (Wildman–Crippen MR) is 73.1 cm³/mol. The normalized spacial score (nSPS) is 13.0. The molecule has 0 fully saturated rings. The Kier molecular flexibility index (Phi) is 5.28. The number of nitrogens with one attached hydrogen (secondary N) is 1. The largest absolute Gasteiger partial charge is 0.454 e. The maximum atomic E-state index is 5.38. The van der Waals surface area contributed by atoms with Crippen molar-refractivity contribution in [2.45, 2.75) is 19.9 Å². The fourth-order valence-corrected chi connectivity index (χ4v) is 2.40. The third-order valence-corrected chi connectivity index (χ3v) is 3.25. The van der Waals surface area contributed by atoms with E-state index >= 15 is 0 Å². The molecule has 1 aliphatic heterocycles. The maximum absolute atomic E-state index is 5.38. The summed E-state index contributed by atoms with van der Waals surface area (Å²) in [5.74, 6) is 1.62. The van der Waals surface area contributed by atoms with Crippen LogP contribution in [0.25, 0.3) is 0 Å². The van der Waals surface area contributed by atoms with Gasteiger partial charge in [0, 0.05) is 19.8 Å². The van der Waals surface area contributed by atoms with Gasteiger partial charge >= 0.3 is 0 Å². The Morgan fingerprint density at radius 1 is 1.39 bits per heavy atom. The summed E-state index contributed by atoms with van der Waals surface area (Å²) in [4.78, 5) is 0. The monoisotopic (exact) mass is 315 g/mol. The molecule has 100 valence electrons. The first kappa shape index (κ1) is 13.6. The number of halogens is 1. The SMILES string of the molecule is CCOCCCNCc1cc(Br)c2c(c1)OCO2. The molecular weight excluding hydrogens is 298 g/mol. The fraction of sp³-hybridized carbons (Fsp3) is 0.538. The van der Waals surface area contributed by atoms with E-state index < -0.39 is 0 Å². The van der Waals surface area contributed by atoms with Crippen LogP contribution in [0.5, 0.6) is 11.5 Å². The molecule has 0 saturated carbocycles. The molecule has 2 rings (SSSR count). The first-order valence-electron chi connectivity index (χ1n) is 6.17. The second kappa shape index (κ2) is 6.97. The second-order valence-electron chi connectivity index (χ2n) is 4.04. The smallest absolute Gasteiger partial charge is 0.231 e. The van der Waals surface area contributed by atoms with Crippen molar-refractivity contribution in [2.75, 3.05) is 26.6 Å². The summed E-state index contributed by atoms with van der Waals surface area (Å²) in [6.07, 6.45) is 1.03. The van der Waals surface area contributed by atoms with Gasteiger partial charge in [-0.3, -0.25) is 0 Å². The number of benzene rings is 1. The van der Waals surface area contributed by atoms with Gasteiger partial charge < -0.3 is 19.5 Å². The van der Waals surface area contributed by atoms with Crippen molar-refractivity contribution in [3.05, 3.63) is 22.2 Å². The van der Waals surface area contributed by atoms with E-state index in [0.29, 0.717) is 6.79 Å². The Bertz CT molecular complexity index is 398. The summed E-state index contributed by atoms with van der Waals surface area (Å²) < 4.78 is 17.0. The molecule has 0 amide bonds. The van der Waals surface area contributed by atoms with E-state index in [-0.39, 0.29) is 0 Å². The first-order chi connectivity index (χ1) is 8.81. The Hall–Kier alpha value is -0.780. The average Bonchev–Trinajstić information content (AvgIpc) is 2.82. The van der Waals surface area contributed by atoms with Gasteiger partial charge in [0.05, 0.1) is 4.47 Å². The number of hydrogen-bond donors (Lipinski definition) is 1. The van der Waals surface area contributed by atoms with Gasteiger partial charge in [-0.1, -0.05) is 0 Å². The van der Waals surface area contributed by atoms with E-state index in [4.69, 9.17) is 14.2 Å². The minimum Gasteiger partial charge on any atom is -0.454 e. The van der Waals surface area contributed by atoms with Gasteiger partial charge in [0.2, 0.25) is 6.79 Å². The summed E-state index contributed by atoms with van der Waals surface area (Å²) in [6.45, 7) is 5.69. The molecule has 1 heterocycles. The lowest BCUT2D eigenvalue weighted by Gasteiger charge is -2.07. The van der Waals surface area contributed by atoms with Crippen LogP contribution >= 0.6 is 15.9 Å². The molecular formula is C13H18BrNO3. The fourth-order valence-electron chi connectivity index (χ4n) is 1.80. The molecule has 5 heteroatoms. The molecule has 0 bridgehead atoms. The molecule has 0 saturated heterocycles. The van der Waals surface area contributed by atoms with Crippen LogP contribution < -0.4 is 14.8 Å². The van der Waals surface area contributed by atoms with Crippen LogP contribution in [0.2, 0.25) is 0 Å². The van der Waals surface area contributed by atoms with Crippen LogP contribution in [-0.2, 0) is 11.3 Å². The zero-order valence-corrected chi connectivity index (χ0v) is 12.1. The highest BCUT2D eigenvalue weighted by atomic mass is 79.9. The van der Waals surface area contributed by atoms with Crippen LogP contribution in [0.15, 0.2) is 16.6 Å². The number of ether oxygens (including phenoxy) is 3. The number of rotatable bonds is 7. The van der Waals surface area contributed by atoms with Gasteiger partial charge in [0.1, 0.15) is 0 Å². The summed E-state index contributed by atoms with van der Waals surface area (Å²) >= 11 is 3.49. The zero-order valence-electron chi connectivity index (χ0n) is 10.5. The Labute approximate surface area is 116 Å². The molecule has 0 aromatic heterocycles. The number of hydrogen-bond acceptors (Lipinski definition) is 4. The molecule has 18 heavy (non-hydrogen) atoms. The van der Waals surface area contributed by atoms with Crippen molar-refractivity contribution in [3.8, 4) is 11.5 Å². The lowest BCUT2D eigenvalue weighted by Crippen LogP contribution is -2.16. The van der Waals surface area contributed by atoms with Crippen molar-refractivity contribution >= 4 is 15.9 Å². The van der Waals surface area contributed by atoms with Gasteiger partial charge in [-0.15, -0.1) is 0 Å². The molecule has 1 aromatic rings. The minimum atomic E-state index is 0.305. The topological polar surface area (TPSA) is 39.7 Å². The van der Waals surface area contributed by atoms with Crippen molar-refractivity contribution in [2.24, 2.45) is 0 Å². The van der Waals surface area contributed by atoms with E-state index in [1.807, 2.05) is 13.0 Å². The molecule has 0 aliphatic carbocycles. The van der Waals surface area contributed by atoms with Crippen LogP contribution in [0.1, 0.15) is 18.9 Å². The lowest BCUT2D eigenvalue weighted by molar-refractivity contribution is 0.144. The van der Waals surface area contributed by atoms with Gasteiger partial charge in [-0.05, 0) is 53.5 Å².